The fourth-order valence-electron chi connectivity index (χ4n) is 0.979. The maximum Gasteiger partial charge on any atom is 0.253 e. The highest BCUT2D eigenvalue weighted by molar-refractivity contribution is 5.93. The van der Waals surface area contributed by atoms with E-state index in [0.717, 1.165) is 12.3 Å². The second-order valence-corrected chi connectivity index (χ2v) is 4.07. The molecule has 84 valence electrons. The molecule has 0 atom stereocenters. The fraction of sp³-hybridized carbons (Fsp3) is 0.364. The molecule has 1 amide bonds. The molecular weight excluding hydrogens is 209 g/mol. The molecule has 16 heavy (non-hydrogen) atoms. The van der Waals surface area contributed by atoms with Crippen LogP contribution < -0.4 is 5.32 Å². The lowest BCUT2D eigenvalue weighted by molar-refractivity contribution is 0.0943. The zero-order chi connectivity index (χ0) is 12.2. The molecule has 1 rings (SSSR count). The highest BCUT2D eigenvalue weighted by atomic mass is 19.1. The molecule has 1 heterocycles. The summed E-state index contributed by atoms with van der Waals surface area (Å²) in [7, 11) is 0. The molecule has 0 bridgehead atoms. The summed E-state index contributed by atoms with van der Waals surface area (Å²) in [6, 6.07) is 3.15. The van der Waals surface area contributed by atoms with E-state index in [1.807, 2.05) is 0 Å². The SMILES string of the molecule is CC(C)(C#N)CNC(=O)c1cncc(F)c1. The standard InChI is InChI=1S/C11H12FN3O/c1-11(2,6-13)7-15-10(16)8-3-9(12)5-14-4-8/h3-5H,7H2,1-2H3,(H,15,16). The monoisotopic (exact) mass is 221 g/mol. The minimum absolute atomic E-state index is 0.147. The summed E-state index contributed by atoms with van der Waals surface area (Å²) in [5.74, 6) is -0.998. The van der Waals surface area contributed by atoms with Crippen LogP contribution >= 0.6 is 0 Å². The van der Waals surface area contributed by atoms with Gasteiger partial charge in [-0.25, -0.2) is 4.39 Å². The molecule has 1 aromatic heterocycles. The Labute approximate surface area is 93.1 Å². The number of carbonyl (C=O) groups is 1. The Bertz CT molecular complexity index is 437. The van der Waals surface area contributed by atoms with Crippen molar-refractivity contribution in [1.29, 1.82) is 5.26 Å². The molecule has 0 aromatic carbocycles. The number of nitrogens with one attached hydrogen (secondary N) is 1. The Morgan fingerprint density at radius 3 is 2.88 bits per heavy atom. The maximum absolute atomic E-state index is 12.8. The minimum Gasteiger partial charge on any atom is -0.350 e. The zero-order valence-electron chi connectivity index (χ0n) is 9.12. The van der Waals surface area contributed by atoms with Crippen LogP contribution in [-0.2, 0) is 0 Å². The molecular formula is C11H12FN3O. The van der Waals surface area contributed by atoms with Crippen molar-refractivity contribution in [2.24, 2.45) is 5.41 Å². The average Bonchev–Trinajstić information content (AvgIpc) is 2.26. The Kier molecular flexibility index (Phi) is 3.56. The summed E-state index contributed by atoms with van der Waals surface area (Å²) < 4.78 is 12.8. The van der Waals surface area contributed by atoms with Gasteiger partial charge in [-0.3, -0.25) is 9.78 Å². The van der Waals surface area contributed by atoms with E-state index in [-0.39, 0.29) is 12.1 Å². The highest BCUT2D eigenvalue weighted by Crippen LogP contribution is 2.11. The maximum atomic E-state index is 12.8. The third kappa shape index (κ3) is 3.31. The summed E-state index contributed by atoms with van der Waals surface area (Å²) in [6.07, 6.45) is 2.30. The normalized spacial score (nSPS) is 10.6. The van der Waals surface area contributed by atoms with Gasteiger partial charge in [0.2, 0.25) is 0 Å². The van der Waals surface area contributed by atoms with E-state index >= 15 is 0 Å². The lowest BCUT2D eigenvalue weighted by Crippen LogP contribution is -2.33. The predicted molar refractivity (Wildman–Crippen MR) is 55.9 cm³/mol. The van der Waals surface area contributed by atoms with Crippen LogP contribution in [0.1, 0.15) is 24.2 Å². The van der Waals surface area contributed by atoms with E-state index in [1.165, 1.54) is 6.20 Å². The van der Waals surface area contributed by atoms with Gasteiger partial charge in [-0.1, -0.05) is 0 Å². The average molecular weight is 221 g/mol. The van der Waals surface area contributed by atoms with Gasteiger partial charge in [-0.15, -0.1) is 0 Å². The summed E-state index contributed by atoms with van der Waals surface area (Å²) in [4.78, 5) is 15.1. The first-order valence-corrected chi connectivity index (χ1v) is 4.74. The molecule has 0 fully saturated rings. The predicted octanol–water partition coefficient (Wildman–Crippen LogP) is 1.50. The van der Waals surface area contributed by atoms with Gasteiger partial charge in [0.1, 0.15) is 5.82 Å². The number of nitriles is 1. The zero-order valence-corrected chi connectivity index (χ0v) is 9.12. The Morgan fingerprint density at radius 1 is 1.62 bits per heavy atom. The van der Waals surface area contributed by atoms with Gasteiger partial charge in [-0.05, 0) is 19.9 Å². The van der Waals surface area contributed by atoms with Crippen molar-refractivity contribution < 1.29 is 9.18 Å². The van der Waals surface area contributed by atoms with Gasteiger partial charge >= 0.3 is 0 Å². The number of aromatic nitrogens is 1. The van der Waals surface area contributed by atoms with Crippen LogP contribution in [-0.4, -0.2) is 17.4 Å². The lowest BCUT2D eigenvalue weighted by Gasteiger charge is -2.15. The summed E-state index contributed by atoms with van der Waals surface area (Å²) in [5.41, 5.74) is -0.495. The minimum atomic E-state index is -0.642. The van der Waals surface area contributed by atoms with E-state index in [9.17, 15) is 9.18 Å². The van der Waals surface area contributed by atoms with Crippen molar-refractivity contribution >= 4 is 5.91 Å². The van der Waals surface area contributed by atoms with Crippen LogP contribution in [0.3, 0.4) is 0 Å². The van der Waals surface area contributed by atoms with Crippen LogP contribution in [0, 0.1) is 22.6 Å². The Morgan fingerprint density at radius 2 is 2.31 bits per heavy atom. The van der Waals surface area contributed by atoms with Crippen molar-refractivity contribution in [1.82, 2.24) is 10.3 Å². The molecule has 1 N–H and O–H groups in total. The van der Waals surface area contributed by atoms with E-state index in [1.54, 1.807) is 13.8 Å². The second kappa shape index (κ2) is 4.71. The van der Waals surface area contributed by atoms with Crippen LogP contribution in [0.4, 0.5) is 4.39 Å². The lowest BCUT2D eigenvalue weighted by atomic mass is 9.96. The van der Waals surface area contributed by atoms with E-state index in [4.69, 9.17) is 5.26 Å². The third-order valence-corrected chi connectivity index (χ3v) is 1.96. The van der Waals surface area contributed by atoms with Gasteiger partial charge in [0, 0.05) is 12.7 Å². The molecule has 0 spiro atoms. The quantitative estimate of drug-likeness (QED) is 0.841. The molecule has 1 aromatic rings. The number of hydrogen-bond acceptors (Lipinski definition) is 3. The first-order valence-electron chi connectivity index (χ1n) is 4.74. The molecule has 5 heteroatoms. The first kappa shape index (κ1) is 12.1. The number of nitrogens with zero attached hydrogens (tertiary/aromatic N) is 2. The summed E-state index contributed by atoms with van der Waals surface area (Å²) >= 11 is 0. The van der Waals surface area contributed by atoms with Crippen LogP contribution in [0.2, 0.25) is 0 Å². The molecule has 0 aliphatic rings. The van der Waals surface area contributed by atoms with Crippen molar-refractivity contribution in [2.75, 3.05) is 6.54 Å². The smallest absolute Gasteiger partial charge is 0.253 e. The van der Waals surface area contributed by atoms with Crippen molar-refractivity contribution in [3.05, 3.63) is 29.8 Å². The largest absolute Gasteiger partial charge is 0.350 e. The van der Waals surface area contributed by atoms with E-state index < -0.39 is 17.1 Å². The van der Waals surface area contributed by atoms with Gasteiger partial charge < -0.3 is 5.32 Å². The van der Waals surface area contributed by atoms with E-state index in [2.05, 4.69) is 16.4 Å². The Balaban J connectivity index is 2.64. The molecule has 0 aliphatic heterocycles. The fourth-order valence-corrected chi connectivity index (χ4v) is 0.979. The number of hydrogen-bond donors (Lipinski definition) is 1. The van der Waals surface area contributed by atoms with Gasteiger partial charge in [0.15, 0.2) is 0 Å². The van der Waals surface area contributed by atoms with Crippen molar-refractivity contribution in [2.45, 2.75) is 13.8 Å². The number of rotatable bonds is 3. The second-order valence-electron chi connectivity index (χ2n) is 4.07. The van der Waals surface area contributed by atoms with Crippen LogP contribution in [0.25, 0.3) is 0 Å². The number of carbonyl (C=O) groups excluding carboxylic acids is 1. The van der Waals surface area contributed by atoms with Crippen molar-refractivity contribution in [3.8, 4) is 6.07 Å². The molecule has 0 saturated heterocycles. The first-order chi connectivity index (χ1) is 7.44. The third-order valence-electron chi connectivity index (χ3n) is 1.96. The van der Waals surface area contributed by atoms with Gasteiger partial charge in [-0.2, -0.15) is 5.26 Å². The number of amides is 1. The molecule has 0 saturated carbocycles. The van der Waals surface area contributed by atoms with Gasteiger partial charge in [0.25, 0.3) is 5.91 Å². The number of halogens is 1. The molecule has 0 radical (unpaired) electrons. The molecule has 0 aliphatic carbocycles. The van der Waals surface area contributed by atoms with Crippen LogP contribution in [0.15, 0.2) is 18.5 Å². The topological polar surface area (TPSA) is 65.8 Å². The summed E-state index contributed by atoms with van der Waals surface area (Å²) in [6.45, 7) is 3.62. The highest BCUT2D eigenvalue weighted by Gasteiger charge is 2.18. The molecule has 4 nitrogen and oxygen atoms in total. The Hall–Kier alpha value is -1.96. The van der Waals surface area contributed by atoms with Gasteiger partial charge in [0.05, 0.1) is 23.2 Å². The van der Waals surface area contributed by atoms with Crippen molar-refractivity contribution in [3.63, 3.8) is 0 Å². The van der Waals surface area contributed by atoms with E-state index in [0.29, 0.717) is 0 Å². The van der Waals surface area contributed by atoms with Crippen LogP contribution in [0.5, 0.6) is 0 Å². The number of pyridine rings is 1. The summed E-state index contributed by atoms with van der Waals surface area (Å²) in [5, 5.41) is 11.3. The molecule has 0 unspecified atom stereocenters.